The first-order chi connectivity index (χ1) is 15.4. The number of barbiturate groups is 1. The van der Waals surface area contributed by atoms with E-state index in [0.717, 1.165) is 16.9 Å². The molecule has 2 aromatic rings. The van der Waals surface area contributed by atoms with Crippen LogP contribution in [0.3, 0.4) is 0 Å². The van der Waals surface area contributed by atoms with E-state index in [2.05, 4.69) is 25.7 Å². The molecular weight excluding hydrogens is 408 g/mol. The van der Waals surface area contributed by atoms with Gasteiger partial charge in [0.2, 0.25) is 0 Å². The van der Waals surface area contributed by atoms with Crippen molar-refractivity contribution < 1.29 is 23.9 Å². The number of methoxy groups -OCH3 is 1. The first-order valence-electron chi connectivity index (χ1n) is 10.3. The Hall–Kier alpha value is -3.87. The molecule has 0 aliphatic carbocycles. The van der Waals surface area contributed by atoms with Gasteiger partial charge in [-0.3, -0.25) is 14.9 Å². The molecule has 3 rings (SSSR count). The lowest BCUT2D eigenvalue weighted by molar-refractivity contribution is -0.122. The number of hydrogen-bond donors (Lipinski definition) is 1. The maximum absolute atomic E-state index is 13.1. The van der Waals surface area contributed by atoms with Crippen molar-refractivity contribution in [2.45, 2.75) is 26.2 Å². The molecule has 1 fully saturated rings. The normalized spacial score (nSPS) is 16.0. The molecule has 4 amide bonds. The summed E-state index contributed by atoms with van der Waals surface area (Å²) in [5.74, 6) is -0.134. The van der Waals surface area contributed by atoms with Crippen LogP contribution < -0.4 is 19.7 Å². The van der Waals surface area contributed by atoms with Gasteiger partial charge in [-0.1, -0.05) is 44.7 Å². The predicted octanol–water partition coefficient (Wildman–Crippen LogP) is 4.44. The monoisotopic (exact) mass is 434 g/mol. The van der Waals surface area contributed by atoms with Crippen molar-refractivity contribution in [1.29, 1.82) is 0 Å². The Labute approximate surface area is 187 Å². The van der Waals surface area contributed by atoms with E-state index in [-0.39, 0.29) is 5.57 Å². The molecule has 7 heteroatoms. The lowest BCUT2D eigenvalue weighted by atomic mass is 9.98. The molecule has 0 saturated carbocycles. The van der Waals surface area contributed by atoms with E-state index in [1.54, 1.807) is 36.4 Å². The van der Waals surface area contributed by atoms with Gasteiger partial charge < -0.3 is 9.47 Å². The maximum atomic E-state index is 13.1. The zero-order chi connectivity index (χ0) is 23.3. The second kappa shape index (κ2) is 9.96. The lowest BCUT2D eigenvalue weighted by Gasteiger charge is -2.26. The number of amides is 4. The number of benzene rings is 2. The van der Waals surface area contributed by atoms with Gasteiger partial charge in [0, 0.05) is 0 Å². The first kappa shape index (κ1) is 22.8. The Kier molecular flexibility index (Phi) is 7.10. The molecule has 0 bridgehead atoms. The highest BCUT2D eigenvalue weighted by molar-refractivity contribution is 6.39. The first-order valence-corrected chi connectivity index (χ1v) is 10.3. The summed E-state index contributed by atoms with van der Waals surface area (Å²) in [7, 11) is 1.49. The third-order valence-corrected chi connectivity index (χ3v) is 5.29. The third-order valence-electron chi connectivity index (χ3n) is 5.29. The molecule has 32 heavy (non-hydrogen) atoms. The molecule has 0 spiro atoms. The molecule has 1 N–H and O–H groups in total. The Morgan fingerprint density at radius 2 is 1.81 bits per heavy atom. The number of rotatable bonds is 8. The minimum atomic E-state index is -0.779. The van der Waals surface area contributed by atoms with Crippen molar-refractivity contribution in [3.05, 3.63) is 71.8 Å². The van der Waals surface area contributed by atoms with E-state index in [1.807, 2.05) is 12.1 Å². The van der Waals surface area contributed by atoms with Gasteiger partial charge >= 0.3 is 6.03 Å². The van der Waals surface area contributed by atoms with Gasteiger partial charge in [-0.15, -0.1) is 0 Å². The molecule has 0 radical (unpaired) electrons. The van der Waals surface area contributed by atoms with Crippen LogP contribution in [0, 0.1) is 0 Å². The van der Waals surface area contributed by atoms with Crippen LogP contribution in [0.4, 0.5) is 10.5 Å². The van der Waals surface area contributed by atoms with Gasteiger partial charge in [-0.2, -0.15) is 0 Å². The molecule has 1 aliphatic heterocycles. The average Bonchev–Trinajstić information content (AvgIpc) is 2.80. The van der Waals surface area contributed by atoms with Gasteiger partial charge in [-0.05, 0) is 53.8 Å². The number of nitrogens with one attached hydrogen (secondary N) is 1. The summed E-state index contributed by atoms with van der Waals surface area (Å²) in [6.07, 6.45) is 4.01. The van der Waals surface area contributed by atoms with Crippen LogP contribution in [0.1, 0.15) is 37.3 Å². The van der Waals surface area contributed by atoms with E-state index in [9.17, 15) is 14.4 Å². The van der Waals surface area contributed by atoms with E-state index in [4.69, 9.17) is 9.47 Å². The third kappa shape index (κ3) is 4.72. The smallest absolute Gasteiger partial charge is 0.335 e. The van der Waals surface area contributed by atoms with Gasteiger partial charge in [0.1, 0.15) is 12.2 Å². The van der Waals surface area contributed by atoms with Crippen LogP contribution in [0.15, 0.2) is 60.7 Å². The second-order valence-electron chi connectivity index (χ2n) is 7.37. The zero-order valence-electron chi connectivity index (χ0n) is 18.4. The van der Waals surface area contributed by atoms with Crippen molar-refractivity contribution >= 4 is 29.6 Å². The predicted molar refractivity (Wildman–Crippen MR) is 123 cm³/mol. The molecular formula is C25H26N2O5. The van der Waals surface area contributed by atoms with E-state index < -0.39 is 17.8 Å². The molecule has 1 unspecified atom stereocenters. The molecule has 0 aromatic heterocycles. The average molecular weight is 434 g/mol. The van der Waals surface area contributed by atoms with E-state index >= 15 is 0 Å². The van der Waals surface area contributed by atoms with Gasteiger partial charge in [-0.25, -0.2) is 9.69 Å². The molecule has 1 heterocycles. The van der Waals surface area contributed by atoms with Crippen molar-refractivity contribution in [3.63, 3.8) is 0 Å². The molecule has 1 saturated heterocycles. The summed E-state index contributed by atoms with van der Waals surface area (Å²) in [5.41, 5.74) is 1.90. The highest BCUT2D eigenvalue weighted by Crippen LogP contribution is 2.30. The second-order valence-corrected chi connectivity index (χ2v) is 7.37. The summed E-state index contributed by atoms with van der Waals surface area (Å²) >= 11 is 0. The van der Waals surface area contributed by atoms with Gasteiger partial charge in [0.15, 0.2) is 11.5 Å². The van der Waals surface area contributed by atoms with Crippen LogP contribution >= 0.6 is 0 Å². The van der Waals surface area contributed by atoms with Crippen molar-refractivity contribution in [3.8, 4) is 11.5 Å². The molecule has 1 atom stereocenters. The Morgan fingerprint density at radius 1 is 1.09 bits per heavy atom. The Balaban J connectivity index is 1.92. The van der Waals surface area contributed by atoms with Gasteiger partial charge in [0.25, 0.3) is 11.8 Å². The number of carbonyl (C=O) groups is 3. The SMILES string of the molecule is C=CCOc1ccc(/C=C2\C(=O)NC(=O)N(c3ccc(C(C)CC)cc3)C2=O)cc1OC. The number of anilines is 1. The maximum Gasteiger partial charge on any atom is 0.335 e. The molecule has 166 valence electrons. The van der Waals surface area contributed by atoms with E-state index in [1.165, 1.54) is 13.2 Å². The van der Waals surface area contributed by atoms with Crippen LogP contribution in [-0.4, -0.2) is 31.6 Å². The number of nitrogens with zero attached hydrogens (tertiary/aromatic N) is 1. The summed E-state index contributed by atoms with van der Waals surface area (Å²) in [4.78, 5) is 38.9. The number of urea groups is 1. The number of imide groups is 2. The van der Waals surface area contributed by atoms with Crippen LogP contribution in [0.2, 0.25) is 0 Å². The number of hydrogen-bond acceptors (Lipinski definition) is 5. The number of ether oxygens (including phenoxy) is 2. The fourth-order valence-corrected chi connectivity index (χ4v) is 3.29. The van der Waals surface area contributed by atoms with Crippen LogP contribution in [0.25, 0.3) is 6.08 Å². The highest BCUT2D eigenvalue weighted by atomic mass is 16.5. The summed E-state index contributed by atoms with van der Waals surface area (Å²) in [6.45, 7) is 8.12. The fraction of sp³-hybridized carbons (Fsp3) is 0.240. The van der Waals surface area contributed by atoms with E-state index in [0.29, 0.717) is 35.3 Å². The van der Waals surface area contributed by atoms with Crippen LogP contribution in [0.5, 0.6) is 11.5 Å². The lowest BCUT2D eigenvalue weighted by Crippen LogP contribution is -2.54. The van der Waals surface area contributed by atoms with Crippen molar-refractivity contribution in [2.75, 3.05) is 18.6 Å². The topological polar surface area (TPSA) is 84.9 Å². The quantitative estimate of drug-likeness (QED) is 0.377. The highest BCUT2D eigenvalue weighted by Gasteiger charge is 2.36. The molecule has 7 nitrogen and oxygen atoms in total. The van der Waals surface area contributed by atoms with Crippen LogP contribution in [-0.2, 0) is 9.59 Å². The summed E-state index contributed by atoms with van der Waals surface area (Å²) < 4.78 is 10.9. The van der Waals surface area contributed by atoms with Gasteiger partial charge in [0.05, 0.1) is 12.8 Å². The zero-order valence-corrected chi connectivity index (χ0v) is 18.4. The minimum Gasteiger partial charge on any atom is -0.493 e. The number of carbonyl (C=O) groups excluding carboxylic acids is 3. The Bertz CT molecular complexity index is 1070. The fourth-order valence-electron chi connectivity index (χ4n) is 3.29. The largest absolute Gasteiger partial charge is 0.493 e. The molecule has 2 aromatic carbocycles. The standard InChI is InChI=1S/C25H26N2O5/c1-5-13-32-21-12-7-17(15-22(21)31-4)14-20-23(28)26-25(30)27(24(20)29)19-10-8-18(9-11-19)16(3)6-2/h5,7-12,14-16H,1,6,13H2,2-4H3,(H,26,28,30)/b20-14+. The van der Waals surface area contributed by atoms with Crippen molar-refractivity contribution in [2.24, 2.45) is 0 Å². The van der Waals surface area contributed by atoms with Crippen molar-refractivity contribution in [1.82, 2.24) is 5.32 Å². The minimum absolute atomic E-state index is 0.155. The molecule has 1 aliphatic rings. The summed E-state index contributed by atoms with van der Waals surface area (Å²) in [5, 5.41) is 2.24. The Morgan fingerprint density at radius 3 is 2.44 bits per heavy atom. The summed E-state index contributed by atoms with van der Waals surface area (Å²) in [6, 6.07) is 11.4.